The van der Waals surface area contributed by atoms with Crippen LogP contribution in [-0.4, -0.2) is 92.4 Å². The van der Waals surface area contributed by atoms with E-state index in [2.05, 4.69) is 30.6 Å². The summed E-state index contributed by atoms with van der Waals surface area (Å²) in [6, 6.07) is 1.46. The number of nitrogens with zero attached hydrogens (tertiary/aromatic N) is 6. The topological polar surface area (TPSA) is 157 Å². The Morgan fingerprint density at radius 2 is 0.983 bits per heavy atom. The molecule has 4 N–H and O–H groups in total. The van der Waals surface area contributed by atoms with Gasteiger partial charge in [-0.25, -0.2) is 19.9 Å². The van der Waals surface area contributed by atoms with Crippen LogP contribution in [0, 0.1) is 46.3 Å². The van der Waals surface area contributed by atoms with Crippen molar-refractivity contribution in [2.75, 3.05) is 36.0 Å². The predicted octanol–water partition coefficient (Wildman–Crippen LogP) is 5.54. The van der Waals surface area contributed by atoms with Crippen LogP contribution >= 0.6 is 0 Å². The number of aliphatic hydroxyl groups is 2. The quantitative estimate of drug-likeness (QED) is 0.273. The van der Waals surface area contributed by atoms with Gasteiger partial charge in [0, 0.05) is 50.7 Å². The summed E-state index contributed by atoms with van der Waals surface area (Å²) in [6.07, 6.45) is 4.67. The molecule has 6 atom stereocenters. The molecule has 2 saturated heterocycles. The number of rotatable bonds is 6. The van der Waals surface area contributed by atoms with E-state index in [1.165, 1.54) is 0 Å². The predicted molar refractivity (Wildman–Crippen MR) is 205 cm³/mol. The SMILES string of the molecule is O=C(N[C@H]1CCCN(c2nccc(C(F)(F)F)n2)C1)C12CC3CC(C1)C(O)C(C3)C2.O=C(N[C@H]1CCCN(c2nccc(C(F)(F)F)n2)C1)C12CC3CC(C1)C(O)C(C3)C2. The molecule has 2 amide bonds. The molecule has 10 fully saturated rings. The summed E-state index contributed by atoms with van der Waals surface area (Å²) in [5.74, 6) is 2.19. The number of carbonyl (C=O) groups is 2. The van der Waals surface area contributed by atoms with Gasteiger partial charge in [-0.05, 0) is 138 Å². The lowest BCUT2D eigenvalue weighted by Gasteiger charge is -2.58. The first-order valence-corrected chi connectivity index (χ1v) is 21.8. The number of hydrogen-bond acceptors (Lipinski definition) is 10. The van der Waals surface area contributed by atoms with Crippen LogP contribution in [-0.2, 0) is 21.9 Å². The second kappa shape index (κ2) is 15.5. The minimum absolute atomic E-state index is 0.0571. The smallest absolute Gasteiger partial charge is 0.393 e. The largest absolute Gasteiger partial charge is 0.433 e. The standard InChI is InChI=1S/2C21H27F3N4O2/c2*22-21(23,24)16-3-4-25-19(27-16)28-5-1-2-15(11-28)26-18(30)20-8-12-6-13(9-20)17(29)14(7-12)10-20/h2*3-4,12-15,17,29H,1-2,5-11H2,(H,26,30)/t2*12?,13?,14?,15-,17?,20?/m00/s1. The second-order valence-electron chi connectivity index (χ2n) is 19.5. The monoisotopic (exact) mass is 848 g/mol. The molecule has 328 valence electrons. The lowest BCUT2D eigenvalue weighted by Crippen LogP contribution is -2.60. The maximum Gasteiger partial charge on any atom is 0.433 e. The van der Waals surface area contributed by atoms with Crippen LogP contribution in [0.15, 0.2) is 24.5 Å². The number of anilines is 2. The number of aromatic nitrogens is 4. The van der Waals surface area contributed by atoms with Crippen LogP contribution in [0.3, 0.4) is 0 Å². The Bertz CT molecular complexity index is 1770. The molecule has 0 radical (unpaired) electrons. The summed E-state index contributed by atoms with van der Waals surface area (Å²) in [5, 5.41) is 27.3. The summed E-state index contributed by atoms with van der Waals surface area (Å²) in [4.78, 5) is 45.5. The maximum absolute atomic E-state index is 13.3. The zero-order chi connectivity index (χ0) is 42.2. The summed E-state index contributed by atoms with van der Waals surface area (Å²) in [7, 11) is 0. The fourth-order valence-corrected chi connectivity index (χ4v) is 13.1. The molecule has 2 aliphatic heterocycles. The van der Waals surface area contributed by atoms with Gasteiger partial charge in [0.1, 0.15) is 11.4 Å². The highest BCUT2D eigenvalue weighted by Gasteiger charge is 2.59. The van der Waals surface area contributed by atoms with E-state index >= 15 is 0 Å². The molecule has 4 heterocycles. The number of piperidine rings is 2. The number of halogens is 6. The van der Waals surface area contributed by atoms with Crippen LogP contribution in [0.1, 0.15) is 101 Å². The number of amides is 2. The number of aliphatic hydroxyl groups excluding tert-OH is 2. The first-order valence-electron chi connectivity index (χ1n) is 21.8. The first kappa shape index (κ1) is 41.5. The van der Waals surface area contributed by atoms with Gasteiger partial charge in [-0.2, -0.15) is 26.3 Å². The van der Waals surface area contributed by atoms with Crippen molar-refractivity contribution < 1.29 is 46.1 Å². The molecule has 10 aliphatic rings. The van der Waals surface area contributed by atoms with Gasteiger partial charge < -0.3 is 30.6 Å². The lowest BCUT2D eigenvalue weighted by molar-refractivity contribution is -0.164. The molecule has 8 bridgehead atoms. The fraction of sp³-hybridized carbons (Fsp3) is 0.762. The molecule has 0 aromatic carbocycles. The van der Waals surface area contributed by atoms with Gasteiger partial charge in [-0.15, -0.1) is 0 Å². The zero-order valence-corrected chi connectivity index (χ0v) is 33.5. The Balaban J connectivity index is 0.000000154. The van der Waals surface area contributed by atoms with E-state index in [0.717, 1.165) is 114 Å². The third kappa shape index (κ3) is 8.03. The van der Waals surface area contributed by atoms with Crippen molar-refractivity contribution in [3.63, 3.8) is 0 Å². The summed E-state index contributed by atoms with van der Waals surface area (Å²) in [5.41, 5.74) is -2.67. The summed E-state index contributed by atoms with van der Waals surface area (Å²) >= 11 is 0. The van der Waals surface area contributed by atoms with Gasteiger partial charge in [0.2, 0.25) is 23.7 Å². The molecule has 0 spiro atoms. The normalized spacial score (nSPS) is 38.0. The molecule has 60 heavy (non-hydrogen) atoms. The van der Waals surface area contributed by atoms with Crippen LogP contribution in [0.4, 0.5) is 38.2 Å². The molecule has 8 saturated carbocycles. The molecular formula is C42H54F6N8O4. The Morgan fingerprint density at radius 3 is 1.33 bits per heavy atom. The van der Waals surface area contributed by atoms with Crippen LogP contribution in [0.25, 0.3) is 0 Å². The number of nitrogens with one attached hydrogen (secondary N) is 2. The van der Waals surface area contributed by atoms with Crippen molar-refractivity contribution in [1.82, 2.24) is 30.6 Å². The van der Waals surface area contributed by atoms with Crippen molar-refractivity contribution in [2.24, 2.45) is 46.3 Å². The molecule has 2 aromatic heterocycles. The van der Waals surface area contributed by atoms with Crippen LogP contribution in [0.2, 0.25) is 0 Å². The van der Waals surface area contributed by atoms with E-state index in [9.17, 15) is 46.1 Å². The first-order chi connectivity index (χ1) is 28.5. The number of hydrogen-bond donors (Lipinski definition) is 4. The van der Waals surface area contributed by atoms with Crippen molar-refractivity contribution in [1.29, 1.82) is 0 Å². The molecule has 18 heteroatoms. The highest BCUT2D eigenvalue weighted by molar-refractivity contribution is 5.84. The Hall–Kier alpha value is -3.80. The van der Waals surface area contributed by atoms with E-state index in [1.54, 1.807) is 9.80 Å². The molecule has 4 unspecified atom stereocenters. The summed E-state index contributed by atoms with van der Waals surface area (Å²) in [6.45, 7) is 1.94. The molecule has 12 nitrogen and oxygen atoms in total. The average molecular weight is 849 g/mol. The van der Waals surface area contributed by atoms with E-state index < -0.39 is 23.7 Å². The van der Waals surface area contributed by atoms with Crippen molar-refractivity contribution in [3.8, 4) is 0 Å². The fourth-order valence-electron chi connectivity index (χ4n) is 13.1. The third-order valence-corrected chi connectivity index (χ3v) is 15.4. The Labute approximate surface area is 344 Å². The number of carbonyl (C=O) groups excluding carboxylic acids is 2. The van der Waals surface area contributed by atoms with E-state index in [0.29, 0.717) is 38.0 Å². The Kier molecular flexibility index (Phi) is 10.8. The highest BCUT2D eigenvalue weighted by atomic mass is 19.4. The van der Waals surface area contributed by atoms with Gasteiger partial charge in [-0.1, -0.05) is 0 Å². The Morgan fingerprint density at radius 1 is 0.617 bits per heavy atom. The molecule has 8 aliphatic carbocycles. The average Bonchev–Trinajstić information content (AvgIpc) is 3.21. The van der Waals surface area contributed by atoms with Crippen molar-refractivity contribution in [3.05, 3.63) is 35.9 Å². The van der Waals surface area contributed by atoms with Gasteiger partial charge in [-0.3, -0.25) is 9.59 Å². The molecular weight excluding hydrogens is 795 g/mol. The van der Waals surface area contributed by atoms with Crippen LogP contribution in [0.5, 0.6) is 0 Å². The zero-order valence-electron chi connectivity index (χ0n) is 33.5. The van der Waals surface area contributed by atoms with E-state index in [1.807, 2.05) is 0 Å². The van der Waals surface area contributed by atoms with Gasteiger partial charge in [0.15, 0.2) is 0 Å². The van der Waals surface area contributed by atoms with E-state index in [-0.39, 0.29) is 82.5 Å². The minimum atomic E-state index is -4.51. The third-order valence-electron chi connectivity index (χ3n) is 15.4. The molecule has 2 aromatic rings. The van der Waals surface area contributed by atoms with E-state index in [4.69, 9.17) is 0 Å². The van der Waals surface area contributed by atoms with Gasteiger partial charge in [0.05, 0.1) is 23.0 Å². The minimum Gasteiger partial charge on any atom is -0.393 e. The van der Waals surface area contributed by atoms with Crippen LogP contribution < -0.4 is 20.4 Å². The van der Waals surface area contributed by atoms with Gasteiger partial charge in [0.25, 0.3) is 0 Å². The molecule has 12 rings (SSSR count). The van der Waals surface area contributed by atoms with Crippen molar-refractivity contribution >= 4 is 23.7 Å². The van der Waals surface area contributed by atoms with Crippen molar-refractivity contribution in [2.45, 2.75) is 127 Å². The van der Waals surface area contributed by atoms with Gasteiger partial charge >= 0.3 is 12.4 Å². The number of alkyl halides is 6. The highest BCUT2D eigenvalue weighted by Crippen LogP contribution is 2.61. The lowest BCUT2D eigenvalue weighted by atomic mass is 9.48. The maximum atomic E-state index is 13.3. The summed E-state index contributed by atoms with van der Waals surface area (Å²) < 4.78 is 77.9. The second-order valence-corrected chi connectivity index (χ2v) is 19.5.